The molecule has 2 aromatic rings. The fourth-order valence-electron chi connectivity index (χ4n) is 2.65. The molecule has 0 heterocycles. The zero-order valence-corrected chi connectivity index (χ0v) is 13.7. The predicted octanol–water partition coefficient (Wildman–Crippen LogP) is 3.75. The minimum absolute atomic E-state index is 0.614. The van der Waals surface area contributed by atoms with Crippen molar-refractivity contribution in [3.63, 3.8) is 0 Å². The molecule has 4 nitrogen and oxygen atoms in total. The Labute approximate surface area is 141 Å². The Bertz CT molecular complexity index is 720. The topological polar surface area (TPSA) is 63.6 Å². The second kappa shape index (κ2) is 8.11. The molecule has 2 unspecified atom stereocenters. The number of carbonyl (C=O) groups is 2. The van der Waals surface area contributed by atoms with Crippen molar-refractivity contribution in [3.05, 3.63) is 77.9 Å². The van der Waals surface area contributed by atoms with Gasteiger partial charge in [-0.1, -0.05) is 66.7 Å². The summed E-state index contributed by atoms with van der Waals surface area (Å²) in [7, 11) is 1.20. The van der Waals surface area contributed by atoms with Gasteiger partial charge in [0.25, 0.3) is 0 Å². The third-order valence-corrected chi connectivity index (χ3v) is 3.92. The number of carboxylic acids is 1. The van der Waals surface area contributed by atoms with E-state index in [1.165, 1.54) is 7.11 Å². The lowest BCUT2D eigenvalue weighted by Gasteiger charge is -2.21. The van der Waals surface area contributed by atoms with E-state index in [0.29, 0.717) is 0 Å². The van der Waals surface area contributed by atoms with Gasteiger partial charge in [0.15, 0.2) is 5.92 Å². The number of carbonyl (C=O) groups excluding carboxylic acids is 1. The average Bonchev–Trinajstić information content (AvgIpc) is 2.62. The van der Waals surface area contributed by atoms with Gasteiger partial charge in [0.2, 0.25) is 0 Å². The molecule has 0 aromatic heterocycles. The molecule has 0 aliphatic rings. The molecule has 4 heteroatoms. The Morgan fingerprint density at radius 2 is 1.54 bits per heavy atom. The molecule has 0 radical (unpaired) electrons. The van der Waals surface area contributed by atoms with Crippen LogP contribution in [0.5, 0.6) is 0 Å². The van der Waals surface area contributed by atoms with Gasteiger partial charge < -0.3 is 9.84 Å². The molecule has 0 aliphatic carbocycles. The summed E-state index contributed by atoms with van der Waals surface area (Å²) in [6.07, 6.45) is 1.82. The summed E-state index contributed by atoms with van der Waals surface area (Å²) in [4.78, 5) is 23.8. The molecule has 0 spiro atoms. The van der Waals surface area contributed by atoms with Crippen molar-refractivity contribution >= 4 is 17.5 Å². The van der Waals surface area contributed by atoms with E-state index in [9.17, 15) is 14.7 Å². The van der Waals surface area contributed by atoms with Crippen molar-refractivity contribution in [2.45, 2.75) is 12.8 Å². The molecule has 124 valence electrons. The summed E-state index contributed by atoms with van der Waals surface area (Å²) in [5.74, 6) is -3.87. The number of hydrogen-bond acceptors (Lipinski definition) is 3. The van der Waals surface area contributed by atoms with E-state index in [4.69, 9.17) is 4.74 Å². The SMILES string of the molecule is COC(=O)C(C(=O)O)C(/C=C(\C)c1ccccc1)c1ccccc1. The van der Waals surface area contributed by atoms with E-state index >= 15 is 0 Å². The normalized spacial score (nSPS) is 13.8. The van der Waals surface area contributed by atoms with Gasteiger partial charge in [0, 0.05) is 5.92 Å². The number of allylic oxidation sites excluding steroid dienone is 2. The van der Waals surface area contributed by atoms with Crippen molar-refractivity contribution in [2.75, 3.05) is 7.11 Å². The van der Waals surface area contributed by atoms with Gasteiger partial charge in [-0.05, 0) is 23.6 Å². The van der Waals surface area contributed by atoms with Gasteiger partial charge in [-0.2, -0.15) is 0 Å². The monoisotopic (exact) mass is 324 g/mol. The largest absolute Gasteiger partial charge is 0.481 e. The Hall–Kier alpha value is -2.88. The highest BCUT2D eigenvalue weighted by molar-refractivity contribution is 5.95. The van der Waals surface area contributed by atoms with E-state index in [1.54, 1.807) is 0 Å². The Kier molecular flexibility index (Phi) is 5.90. The van der Waals surface area contributed by atoms with Gasteiger partial charge in [-0.15, -0.1) is 0 Å². The van der Waals surface area contributed by atoms with Crippen molar-refractivity contribution < 1.29 is 19.4 Å². The van der Waals surface area contributed by atoms with Crippen LogP contribution in [0.3, 0.4) is 0 Å². The van der Waals surface area contributed by atoms with Crippen molar-refractivity contribution in [1.82, 2.24) is 0 Å². The summed E-state index contributed by atoms with van der Waals surface area (Å²) in [6, 6.07) is 18.8. The van der Waals surface area contributed by atoms with E-state index in [1.807, 2.05) is 73.7 Å². The maximum atomic E-state index is 12.1. The number of hydrogen-bond donors (Lipinski definition) is 1. The number of esters is 1. The van der Waals surface area contributed by atoms with Crippen LogP contribution in [0.25, 0.3) is 5.57 Å². The van der Waals surface area contributed by atoms with Crippen molar-refractivity contribution in [3.8, 4) is 0 Å². The minimum atomic E-state index is -1.30. The first-order valence-electron chi connectivity index (χ1n) is 7.64. The maximum absolute atomic E-state index is 12.1. The van der Waals surface area contributed by atoms with E-state index < -0.39 is 23.8 Å². The lowest BCUT2D eigenvalue weighted by Crippen LogP contribution is -2.30. The van der Waals surface area contributed by atoms with Gasteiger partial charge in [0.05, 0.1) is 7.11 Å². The van der Waals surface area contributed by atoms with Crippen LogP contribution in [-0.2, 0) is 14.3 Å². The summed E-state index contributed by atoms with van der Waals surface area (Å²) < 4.78 is 4.71. The minimum Gasteiger partial charge on any atom is -0.481 e. The van der Waals surface area contributed by atoms with E-state index in [2.05, 4.69) is 0 Å². The number of benzene rings is 2. The number of methoxy groups -OCH3 is 1. The van der Waals surface area contributed by atoms with Crippen LogP contribution in [0.2, 0.25) is 0 Å². The molecular formula is C20H20O4. The summed E-state index contributed by atoms with van der Waals surface area (Å²) >= 11 is 0. The first-order chi connectivity index (χ1) is 11.5. The molecule has 24 heavy (non-hydrogen) atoms. The highest BCUT2D eigenvalue weighted by atomic mass is 16.5. The fourth-order valence-corrected chi connectivity index (χ4v) is 2.65. The van der Waals surface area contributed by atoms with Crippen LogP contribution in [0.1, 0.15) is 24.0 Å². The van der Waals surface area contributed by atoms with Crippen LogP contribution < -0.4 is 0 Å². The Morgan fingerprint density at radius 3 is 2.04 bits per heavy atom. The summed E-state index contributed by atoms with van der Waals surface area (Å²) in [5.41, 5.74) is 2.64. The summed E-state index contributed by atoms with van der Waals surface area (Å²) in [6.45, 7) is 1.90. The lowest BCUT2D eigenvalue weighted by molar-refractivity contribution is -0.157. The first kappa shape index (κ1) is 17.5. The molecule has 2 aromatic carbocycles. The van der Waals surface area contributed by atoms with Crippen LogP contribution in [0.4, 0.5) is 0 Å². The molecule has 2 atom stereocenters. The molecular weight excluding hydrogens is 304 g/mol. The molecule has 0 bridgehead atoms. The number of ether oxygens (including phenoxy) is 1. The van der Waals surface area contributed by atoms with Crippen LogP contribution >= 0.6 is 0 Å². The van der Waals surface area contributed by atoms with Gasteiger partial charge in [-0.25, -0.2) is 0 Å². The summed E-state index contributed by atoms with van der Waals surface area (Å²) in [5, 5.41) is 9.56. The third-order valence-electron chi connectivity index (χ3n) is 3.92. The average molecular weight is 324 g/mol. The zero-order valence-electron chi connectivity index (χ0n) is 13.7. The van der Waals surface area contributed by atoms with Gasteiger partial charge in [0.1, 0.15) is 0 Å². The smallest absolute Gasteiger partial charge is 0.321 e. The molecule has 0 saturated carbocycles. The van der Waals surface area contributed by atoms with Gasteiger partial charge in [-0.3, -0.25) is 9.59 Å². The third kappa shape index (κ3) is 4.10. The first-order valence-corrected chi connectivity index (χ1v) is 7.64. The Balaban J connectivity index is 2.51. The standard InChI is InChI=1S/C20H20O4/c1-14(15-9-5-3-6-10-15)13-17(16-11-7-4-8-12-16)18(19(21)22)20(23)24-2/h3-13,17-18H,1-2H3,(H,21,22)/b14-13+. The van der Waals surface area contributed by atoms with E-state index in [0.717, 1.165) is 16.7 Å². The van der Waals surface area contributed by atoms with E-state index in [-0.39, 0.29) is 0 Å². The fraction of sp³-hybridized carbons (Fsp3) is 0.200. The second-order valence-corrected chi connectivity index (χ2v) is 5.49. The number of rotatable bonds is 6. The molecule has 2 rings (SSSR count). The van der Waals surface area contributed by atoms with Crippen molar-refractivity contribution in [1.29, 1.82) is 0 Å². The maximum Gasteiger partial charge on any atom is 0.321 e. The Morgan fingerprint density at radius 1 is 1.00 bits per heavy atom. The molecule has 0 saturated heterocycles. The van der Waals surface area contributed by atoms with Crippen LogP contribution in [-0.4, -0.2) is 24.2 Å². The van der Waals surface area contributed by atoms with Crippen LogP contribution in [0.15, 0.2) is 66.7 Å². The quantitative estimate of drug-likeness (QED) is 0.649. The van der Waals surface area contributed by atoms with Crippen LogP contribution in [0, 0.1) is 5.92 Å². The lowest BCUT2D eigenvalue weighted by atomic mass is 9.83. The molecule has 0 fully saturated rings. The number of aliphatic carboxylic acids is 1. The molecule has 1 N–H and O–H groups in total. The van der Waals surface area contributed by atoms with Gasteiger partial charge >= 0.3 is 11.9 Å². The highest BCUT2D eigenvalue weighted by Gasteiger charge is 2.35. The molecule has 0 aliphatic heterocycles. The molecule has 0 amide bonds. The highest BCUT2D eigenvalue weighted by Crippen LogP contribution is 2.31. The van der Waals surface area contributed by atoms with Crippen molar-refractivity contribution in [2.24, 2.45) is 5.92 Å². The number of carboxylic acid groups (broad SMARTS) is 1. The second-order valence-electron chi connectivity index (χ2n) is 5.49. The zero-order chi connectivity index (χ0) is 17.5. The predicted molar refractivity (Wildman–Crippen MR) is 92.4 cm³/mol.